The van der Waals surface area contributed by atoms with E-state index in [1.807, 2.05) is 19.2 Å². The molecule has 0 saturated carbocycles. The number of sulfonamides is 1. The second-order valence-electron chi connectivity index (χ2n) is 6.81. The van der Waals surface area contributed by atoms with Gasteiger partial charge in [0.1, 0.15) is 18.4 Å². The maximum atomic E-state index is 12.9. The predicted molar refractivity (Wildman–Crippen MR) is 123 cm³/mol. The molecule has 0 aliphatic carbocycles. The summed E-state index contributed by atoms with van der Waals surface area (Å²) in [6.07, 6.45) is 2.30. The van der Waals surface area contributed by atoms with Crippen LogP contribution in [0.2, 0.25) is 5.02 Å². The number of likely N-dealkylation sites (N-methyl/N-ethyl adjacent to an activating group) is 1. The second-order valence-corrected chi connectivity index (χ2v) is 9.91. The molecule has 0 spiro atoms. The summed E-state index contributed by atoms with van der Waals surface area (Å²) in [5.41, 5.74) is 0.960. The summed E-state index contributed by atoms with van der Waals surface area (Å²) >= 11 is 7.62. The number of nitrogens with one attached hydrogen (secondary N) is 1. The van der Waals surface area contributed by atoms with Crippen molar-refractivity contribution in [1.29, 1.82) is 0 Å². The smallest absolute Gasteiger partial charge is 0.241 e. The molecule has 1 amide bonds. The van der Waals surface area contributed by atoms with E-state index in [9.17, 15) is 13.2 Å². The van der Waals surface area contributed by atoms with Gasteiger partial charge in [-0.25, -0.2) is 8.42 Å². The second kappa shape index (κ2) is 11.6. The van der Waals surface area contributed by atoms with Crippen molar-refractivity contribution in [3.05, 3.63) is 59.1 Å². The third kappa shape index (κ3) is 7.19. The van der Waals surface area contributed by atoms with Gasteiger partial charge < -0.3 is 9.64 Å². The minimum absolute atomic E-state index is 0.139. The first-order chi connectivity index (χ1) is 14.2. The number of thioether (sulfide) groups is 1. The van der Waals surface area contributed by atoms with Gasteiger partial charge in [-0.05, 0) is 49.6 Å². The van der Waals surface area contributed by atoms with E-state index in [1.54, 1.807) is 49.1 Å². The van der Waals surface area contributed by atoms with Crippen LogP contribution in [0.15, 0.2) is 53.4 Å². The van der Waals surface area contributed by atoms with Crippen LogP contribution in [0.5, 0.6) is 5.75 Å². The average Bonchev–Trinajstić information content (AvgIpc) is 2.72. The van der Waals surface area contributed by atoms with Crippen molar-refractivity contribution in [3.63, 3.8) is 0 Å². The summed E-state index contributed by atoms with van der Waals surface area (Å²) in [5, 5.41) is 0.496. The van der Waals surface area contributed by atoms with Crippen molar-refractivity contribution in [2.24, 2.45) is 0 Å². The highest BCUT2D eigenvalue weighted by Crippen LogP contribution is 2.23. The first kappa shape index (κ1) is 24.5. The van der Waals surface area contributed by atoms with Gasteiger partial charge in [-0.2, -0.15) is 16.5 Å². The van der Waals surface area contributed by atoms with Crippen molar-refractivity contribution < 1.29 is 17.9 Å². The molecule has 0 aliphatic heterocycles. The van der Waals surface area contributed by atoms with E-state index in [1.165, 1.54) is 17.0 Å². The molecule has 0 radical (unpaired) electrons. The number of benzene rings is 2. The van der Waals surface area contributed by atoms with E-state index >= 15 is 0 Å². The Kier molecular flexibility index (Phi) is 9.48. The monoisotopic (exact) mass is 470 g/mol. The Hall–Kier alpha value is -1.74. The van der Waals surface area contributed by atoms with Gasteiger partial charge in [-0.1, -0.05) is 41.4 Å². The number of amides is 1. The molecule has 2 aromatic rings. The lowest BCUT2D eigenvalue weighted by atomic mass is 10.2. The van der Waals surface area contributed by atoms with E-state index in [2.05, 4.69) is 4.72 Å². The number of nitrogens with zero attached hydrogens (tertiary/aromatic N) is 1. The number of carbonyl (C=O) groups excluding carboxylic acids is 1. The lowest BCUT2D eigenvalue weighted by Crippen LogP contribution is -2.48. The largest absolute Gasteiger partial charge is 0.490 e. The number of ether oxygens (including phenoxy) is 1. The Bertz CT molecular complexity index is 936. The summed E-state index contributed by atoms with van der Waals surface area (Å²) in [6, 6.07) is 12.8. The van der Waals surface area contributed by atoms with E-state index in [0.717, 1.165) is 5.56 Å². The van der Waals surface area contributed by atoms with Gasteiger partial charge in [0, 0.05) is 7.05 Å². The lowest BCUT2D eigenvalue weighted by Gasteiger charge is -2.24. The van der Waals surface area contributed by atoms with Crippen LogP contribution in [0, 0.1) is 6.92 Å². The minimum atomic E-state index is -3.81. The summed E-state index contributed by atoms with van der Waals surface area (Å²) in [5.74, 6) is 0.887. The fraction of sp³-hybridized carbons (Fsp3) is 0.381. The van der Waals surface area contributed by atoms with Gasteiger partial charge in [0.25, 0.3) is 0 Å². The zero-order chi connectivity index (χ0) is 22.1. The van der Waals surface area contributed by atoms with Crippen LogP contribution in [0.3, 0.4) is 0 Å². The van der Waals surface area contributed by atoms with Crippen LogP contribution < -0.4 is 9.46 Å². The number of hydrogen-bond donors (Lipinski definition) is 1. The van der Waals surface area contributed by atoms with Crippen molar-refractivity contribution >= 4 is 39.3 Å². The van der Waals surface area contributed by atoms with Crippen LogP contribution in [0.25, 0.3) is 0 Å². The first-order valence-electron chi connectivity index (χ1n) is 9.45. The number of halogens is 1. The molecule has 2 rings (SSSR count). The molecule has 1 atom stereocenters. The van der Waals surface area contributed by atoms with Crippen LogP contribution in [-0.4, -0.2) is 57.5 Å². The number of hydrogen-bond acceptors (Lipinski definition) is 5. The van der Waals surface area contributed by atoms with E-state index in [0.29, 0.717) is 29.5 Å². The summed E-state index contributed by atoms with van der Waals surface area (Å²) < 4.78 is 33.7. The predicted octanol–water partition coefficient (Wildman–Crippen LogP) is 3.59. The lowest BCUT2D eigenvalue weighted by molar-refractivity contribution is -0.132. The Labute approximate surface area is 188 Å². The Morgan fingerprint density at radius 3 is 2.50 bits per heavy atom. The molecular weight excluding hydrogens is 444 g/mol. The Balaban J connectivity index is 2.02. The first-order valence-corrected chi connectivity index (χ1v) is 12.7. The SMILES string of the molecule is CSCCC(NS(=O)(=O)c1ccc(C)cc1)C(=O)N(C)CCOc1ccccc1Cl. The van der Waals surface area contributed by atoms with Gasteiger partial charge >= 0.3 is 0 Å². The molecule has 2 aromatic carbocycles. The molecule has 164 valence electrons. The van der Waals surface area contributed by atoms with Crippen molar-refractivity contribution in [2.45, 2.75) is 24.3 Å². The number of aryl methyl sites for hydroxylation is 1. The van der Waals surface area contributed by atoms with Crippen LogP contribution in [0.1, 0.15) is 12.0 Å². The van der Waals surface area contributed by atoms with E-state index in [4.69, 9.17) is 16.3 Å². The fourth-order valence-electron chi connectivity index (χ4n) is 2.67. The van der Waals surface area contributed by atoms with Crippen LogP contribution >= 0.6 is 23.4 Å². The van der Waals surface area contributed by atoms with Crippen molar-refractivity contribution in [3.8, 4) is 5.75 Å². The number of carbonyl (C=O) groups is 1. The minimum Gasteiger partial charge on any atom is -0.490 e. The highest BCUT2D eigenvalue weighted by atomic mass is 35.5. The maximum absolute atomic E-state index is 12.9. The number of rotatable bonds is 11. The topological polar surface area (TPSA) is 75.7 Å². The molecule has 9 heteroatoms. The zero-order valence-electron chi connectivity index (χ0n) is 17.3. The molecule has 6 nitrogen and oxygen atoms in total. The normalized spacial score (nSPS) is 12.4. The van der Waals surface area contributed by atoms with Gasteiger partial charge in [0.05, 0.1) is 16.5 Å². The average molecular weight is 471 g/mol. The molecule has 0 aromatic heterocycles. The number of para-hydroxylation sites is 1. The molecule has 1 unspecified atom stereocenters. The summed E-state index contributed by atoms with van der Waals surface area (Å²) in [6.45, 7) is 2.42. The van der Waals surface area contributed by atoms with Gasteiger partial charge in [0.2, 0.25) is 15.9 Å². The summed E-state index contributed by atoms with van der Waals surface area (Å²) in [7, 11) is -2.18. The van der Waals surface area contributed by atoms with Crippen LogP contribution in [0.4, 0.5) is 0 Å². The molecular formula is C21H27ClN2O4S2. The Morgan fingerprint density at radius 2 is 1.87 bits per heavy atom. The third-order valence-corrected chi connectivity index (χ3v) is 6.88. The highest BCUT2D eigenvalue weighted by Gasteiger charge is 2.27. The summed E-state index contributed by atoms with van der Waals surface area (Å²) in [4.78, 5) is 14.5. The van der Waals surface area contributed by atoms with Crippen LogP contribution in [-0.2, 0) is 14.8 Å². The molecule has 0 heterocycles. The fourth-order valence-corrected chi connectivity index (χ4v) is 4.56. The standard InChI is InChI=1S/C21H27ClN2O4S2/c1-16-8-10-17(11-9-16)30(26,27)23-19(12-15-29-3)21(25)24(2)13-14-28-20-7-5-4-6-18(20)22/h4-11,19,23H,12-15H2,1-3H3. The molecule has 0 fully saturated rings. The van der Waals surface area contributed by atoms with Gasteiger partial charge in [0.15, 0.2) is 0 Å². The molecule has 30 heavy (non-hydrogen) atoms. The van der Waals surface area contributed by atoms with E-state index < -0.39 is 16.1 Å². The third-order valence-electron chi connectivity index (χ3n) is 4.43. The quantitative estimate of drug-likeness (QED) is 0.543. The molecule has 0 saturated heterocycles. The van der Waals surface area contributed by atoms with E-state index in [-0.39, 0.29) is 17.4 Å². The van der Waals surface area contributed by atoms with Crippen molar-refractivity contribution in [2.75, 3.05) is 32.2 Å². The van der Waals surface area contributed by atoms with Crippen molar-refractivity contribution in [1.82, 2.24) is 9.62 Å². The molecule has 0 bridgehead atoms. The molecule has 0 aliphatic rings. The Morgan fingerprint density at radius 1 is 1.20 bits per heavy atom. The van der Waals surface area contributed by atoms with Gasteiger partial charge in [-0.3, -0.25) is 4.79 Å². The molecule has 1 N–H and O–H groups in total. The van der Waals surface area contributed by atoms with Gasteiger partial charge in [-0.15, -0.1) is 0 Å². The maximum Gasteiger partial charge on any atom is 0.241 e. The zero-order valence-corrected chi connectivity index (χ0v) is 19.7. The highest BCUT2D eigenvalue weighted by molar-refractivity contribution is 7.98.